The molecule has 2 atom stereocenters. The van der Waals surface area contributed by atoms with Gasteiger partial charge in [-0.15, -0.1) is 0 Å². The van der Waals surface area contributed by atoms with E-state index < -0.39 is 0 Å². The molecule has 0 aromatic rings. The number of rotatable bonds is 2. The summed E-state index contributed by atoms with van der Waals surface area (Å²) in [4.78, 5) is 0. The van der Waals surface area contributed by atoms with Gasteiger partial charge in [0.25, 0.3) is 0 Å². The number of hydrogen-bond donors (Lipinski definition) is 0. The van der Waals surface area contributed by atoms with Crippen LogP contribution in [0.2, 0.25) is 0 Å². The predicted octanol–water partition coefficient (Wildman–Crippen LogP) is 5.74. The minimum Gasteiger partial charge on any atom is -0.0802 e. The first-order valence-corrected chi connectivity index (χ1v) is 8.61. The molecule has 106 valence electrons. The molecule has 0 saturated heterocycles. The summed E-state index contributed by atoms with van der Waals surface area (Å²) in [5, 5.41) is 0. The van der Waals surface area contributed by atoms with E-state index in [1.165, 1.54) is 51.4 Å². The van der Waals surface area contributed by atoms with Crippen LogP contribution in [0.1, 0.15) is 58.3 Å². The summed E-state index contributed by atoms with van der Waals surface area (Å²) in [6.07, 6.45) is 20.6. The lowest BCUT2D eigenvalue weighted by molar-refractivity contribution is 0.265. The summed E-state index contributed by atoms with van der Waals surface area (Å²) in [5.74, 6) is 2.50. The van der Waals surface area contributed by atoms with Gasteiger partial charge in [-0.05, 0) is 80.3 Å². The zero-order chi connectivity index (χ0) is 13.5. The molecule has 0 aliphatic heterocycles. The minimum atomic E-state index is 0.830. The summed E-state index contributed by atoms with van der Waals surface area (Å²) in [6, 6.07) is 0. The largest absolute Gasteiger partial charge is 0.0802 e. The molecule has 0 bridgehead atoms. The molecule has 0 nitrogen and oxygen atoms in total. The van der Waals surface area contributed by atoms with Crippen molar-refractivity contribution in [1.29, 1.82) is 0 Å². The molecule has 4 aliphatic rings. The summed E-state index contributed by atoms with van der Waals surface area (Å²) in [7, 11) is 0. The Bertz CT molecular complexity index is 478. The highest BCUT2D eigenvalue weighted by Crippen LogP contribution is 2.48. The van der Waals surface area contributed by atoms with E-state index >= 15 is 0 Å². The Labute approximate surface area is 123 Å². The zero-order valence-electron chi connectivity index (χ0n) is 12.7. The quantitative estimate of drug-likeness (QED) is 0.598. The van der Waals surface area contributed by atoms with E-state index in [0.717, 1.165) is 17.8 Å². The van der Waals surface area contributed by atoms with Crippen molar-refractivity contribution >= 4 is 0 Å². The molecule has 20 heavy (non-hydrogen) atoms. The molecule has 4 aliphatic carbocycles. The highest BCUT2D eigenvalue weighted by Gasteiger charge is 2.35. The Morgan fingerprint density at radius 3 is 1.85 bits per heavy atom. The monoisotopic (exact) mass is 266 g/mol. The molecule has 0 radical (unpaired) electrons. The van der Waals surface area contributed by atoms with Gasteiger partial charge in [0, 0.05) is 0 Å². The van der Waals surface area contributed by atoms with E-state index in [-0.39, 0.29) is 0 Å². The second kappa shape index (κ2) is 5.06. The topological polar surface area (TPSA) is 0 Å². The van der Waals surface area contributed by atoms with Crippen LogP contribution in [0, 0.1) is 17.8 Å². The van der Waals surface area contributed by atoms with Crippen LogP contribution >= 0.6 is 0 Å². The van der Waals surface area contributed by atoms with E-state index in [4.69, 9.17) is 0 Å². The van der Waals surface area contributed by atoms with Gasteiger partial charge >= 0.3 is 0 Å². The first-order chi connectivity index (χ1) is 9.84. The fraction of sp³-hybridized carbons (Fsp3) is 0.600. The van der Waals surface area contributed by atoms with Crippen LogP contribution in [0.4, 0.5) is 0 Å². The van der Waals surface area contributed by atoms with Gasteiger partial charge in [0.05, 0.1) is 0 Å². The van der Waals surface area contributed by atoms with Gasteiger partial charge in [-0.1, -0.05) is 42.4 Å². The molecule has 0 aromatic heterocycles. The second-order valence-electron chi connectivity index (χ2n) is 7.19. The van der Waals surface area contributed by atoms with Crippen molar-refractivity contribution in [2.24, 2.45) is 17.8 Å². The molecule has 0 aromatic carbocycles. The Hall–Kier alpha value is -1.04. The molecule has 0 spiro atoms. The molecule has 0 N–H and O–H groups in total. The van der Waals surface area contributed by atoms with Gasteiger partial charge in [-0.25, -0.2) is 0 Å². The summed E-state index contributed by atoms with van der Waals surface area (Å²) < 4.78 is 0. The highest BCUT2D eigenvalue weighted by atomic mass is 14.4. The Morgan fingerprint density at radius 1 is 0.850 bits per heavy atom. The lowest BCUT2D eigenvalue weighted by Crippen LogP contribution is -2.27. The van der Waals surface area contributed by atoms with Crippen LogP contribution < -0.4 is 0 Å². The van der Waals surface area contributed by atoms with Crippen molar-refractivity contribution in [1.82, 2.24) is 0 Å². The third kappa shape index (κ3) is 1.96. The summed E-state index contributed by atoms with van der Waals surface area (Å²) in [5.41, 5.74) is 7.00. The Morgan fingerprint density at radius 2 is 1.35 bits per heavy atom. The van der Waals surface area contributed by atoms with E-state index in [9.17, 15) is 0 Å². The average Bonchev–Trinajstić information content (AvgIpc) is 3.13. The Balaban J connectivity index is 1.62. The average molecular weight is 266 g/mol. The molecule has 0 heterocycles. The smallest absolute Gasteiger partial charge is 0.0130 e. The first kappa shape index (κ1) is 12.7. The van der Waals surface area contributed by atoms with E-state index in [1.807, 2.05) is 0 Å². The van der Waals surface area contributed by atoms with Crippen molar-refractivity contribution < 1.29 is 0 Å². The molecule has 0 heteroatoms. The van der Waals surface area contributed by atoms with Crippen LogP contribution in [0.3, 0.4) is 0 Å². The predicted molar refractivity (Wildman–Crippen MR) is 85.4 cm³/mol. The van der Waals surface area contributed by atoms with Gasteiger partial charge < -0.3 is 0 Å². The van der Waals surface area contributed by atoms with Crippen molar-refractivity contribution in [3.05, 3.63) is 46.6 Å². The number of hydrogen-bond acceptors (Lipinski definition) is 0. The van der Waals surface area contributed by atoms with Gasteiger partial charge in [0.15, 0.2) is 0 Å². The fourth-order valence-electron chi connectivity index (χ4n) is 5.15. The fourth-order valence-corrected chi connectivity index (χ4v) is 5.15. The van der Waals surface area contributed by atoms with Crippen molar-refractivity contribution in [3.8, 4) is 0 Å². The molecule has 0 fully saturated rings. The maximum Gasteiger partial charge on any atom is -0.0130 e. The van der Waals surface area contributed by atoms with Crippen LogP contribution in [0.25, 0.3) is 0 Å². The SMILES string of the molecule is CC(C1CCCC2=C1C=CC2)C1CCCC2=C1C=CC2. The normalized spacial score (nSPS) is 33.6. The molecule has 0 amide bonds. The molecular weight excluding hydrogens is 240 g/mol. The summed E-state index contributed by atoms with van der Waals surface area (Å²) in [6.45, 7) is 2.54. The van der Waals surface area contributed by atoms with E-state index in [1.54, 1.807) is 22.3 Å². The molecule has 0 saturated carbocycles. The van der Waals surface area contributed by atoms with E-state index in [0.29, 0.717) is 0 Å². The van der Waals surface area contributed by atoms with Crippen LogP contribution in [0.5, 0.6) is 0 Å². The van der Waals surface area contributed by atoms with Crippen molar-refractivity contribution in [2.75, 3.05) is 0 Å². The summed E-state index contributed by atoms with van der Waals surface area (Å²) >= 11 is 0. The van der Waals surface area contributed by atoms with Crippen molar-refractivity contribution in [3.63, 3.8) is 0 Å². The maximum absolute atomic E-state index is 2.54. The highest BCUT2D eigenvalue weighted by molar-refractivity contribution is 5.41. The number of allylic oxidation sites excluding steroid dienone is 8. The molecule has 2 unspecified atom stereocenters. The zero-order valence-corrected chi connectivity index (χ0v) is 12.7. The Kier molecular flexibility index (Phi) is 3.21. The third-order valence-electron chi connectivity index (χ3n) is 6.20. The third-order valence-corrected chi connectivity index (χ3v) is 6.20. The lowest BCUT2D eigenvalue weighted by Gasteiger charge is -2.37. The lowest BCUT2D eigenvalue weighted by atomic mass is 9.67. The van der Waals surface area contributed by atoms with Crippen LogP contribution in [-0.2, 0) is 0 Å². The van der Waals surface area contributed by atoms with Gasteiger partial charge in [-0.3, -0.25) is 0 Å². The second-order valence-corrected chi connectivity index (χ2v) is 7.19. The van der Waals surface area contributed by atoms with Gasteiger partial charge in [0.1, 0.15) is 0 Å². The van der Waals surface area contributed by atoms with Crippen LogP contribution in [0.15, 0.2) is 46.6 Å². The van der Waals surface area contributed by atoms with Gasteiger partial charge in [0.2, 0.25) is 0 Å². The van der Waals surface area contributed by atoms with Gasteiger partial charge in [-0.2, -0.15) is 0 Å². The molecule has 4 rings (SSSR count). The maximum atomic E-state index is 2.54. The van der Waals surface area contributed by atoms with Crippen LogP contribution in [-0.4, -0.2) is 0 Å². The minimum absolute atomic E-state index is 0.830. The molecular formula is C20H26. The first-order valence-electron chi connectivity index (χ1n) is 8.61. The standard InChI is InChI=1S/C20H26/c1-14(17-10-2-6-15-8-4-12-19(15)17)18-11-3-7-16-9-5-13-20(16)18/h4-5,12-14,17-18H,2-3,6-11H2,1H3. The van der Waals surface area contributed by atoms with Crippen molar-refractivity contribution in [2.45, 2.75) is 58.3 Å². The van der Waals surface area contributed by atoms with E-state index in [2.05, 4.69) is 31.2 Å².